The molecule has 1 aliphatic heterocycles. The lowest BCUT2D eigenvalue weighted by Gasteiger charge is -2.25. The highest BCUT2D eigenvalue weighted by atomic mass is 16.5. The second kappa shape index (κ2) is 9.57. The normalized spacial score (nSPS) is 17.2. The molecule has 5 nitrogen and oxygen atoms in total. The van der Waals surface area contributed by atoms with Gasteiger partial charge in [0.25, 0.3) is 11.7 Å². The molecular weight excluding hydrogens is 414 g/mol. The van der Waals surface area contributed by atoms with Crippen molar-refractivity contribution < 1.29 is 19.4 Å². The van der Waals surface area contributed by atoms with Gasteiger partial charge >= 0.3 is 0 Å². The molecule has 4 rings (SSSR count). The Balaban J connectivity index is 1.80. The monoisotopic (exact) mass is 439 g/mol. The highest BCUT2D eigenvalue weighted by molar-refractivity contribution is 6.46. The van der Waals surface area contributed by atoms with Crippen LogP contribution in [0.2, 0.25) is 0 Å². The molecule has 0 radical (unpaired) electrons. The van der Waals surface area contributed by atoms with E-state index < -0.39 is 17.7 Å². The van der Waals surface area contributed by atoms with Crippen LogP contribution < -0.4 is 4.74 Å². The predicted octanol–water partition coefficient (Wildman–Crippen LogP) is 5.18. The molecule has 1 amide bonds. The van der Waals surface area contributed by atoms with Crippen LogP contribution in [0.1, 0.15) is 28.3 Å². The summed E-state index contributed by atoms with van der Waals surface area (Å²) < 4.78 is 5.57. The maximum atomic E-state index is 13.1. The van der Waals surface area contributed by atoms with Gasteiger partial charge in [0.1, 0.15) is 18.1 Å². The number of hydrogen-bond donors (Lipinski definition) is 1. The minimum absolute atomic E-state index is 0.0829. The minimum atomic E-state index is -0.722. The van der Waals surface area contributed by atoms with E-state index in [0.717, 1.165) is 11.1 Å². The van der Waals surface area contributed by atoms with Gasteiger partial charge in [0.05, 0.1) is 11.6 Å². The minimum Gasteiger partial charge on any atom is -0.507 e. The molecule has 1 N–H and O–H groups in total. The van der Waals surface area contributed by atoms with E-state index in [-0.39, 0.29) is 17.9 Å². The summed E-state index contributed by atoms with van der Waals surface area (Å²) in [5, 5.41) is 11.1. The van der Waals surface area contributed by atoms with E-state index in [2.05, 4.69) is 6.58 Å². The number of Topliss-reactive ketones (excluding diaryl/α,β-unsaturated/α-hetero) is 1. The Bertz CT molecular complexity index is 1190. The number of ketones is 1. The predicted molar refractivity (Wildman–Crippen MR) is 128 cm³/mol. The zero-order valence-corrected chi connectivity index (χ0v) is 18.4. The van der Waals surface area contributed by atoms with Crippen molar-refractivity contribution in [2.24, 2.45) is 0 Å². The summed E-state index contributed by atoms with van der Waals surface area (Å²) in [5.41, 5.74) is 3.21. The van der Waals surface area contributed by atoms with Crippen LogP contribution in [-0.2, 0) is 16.1 Å². The average Bonchev–Trinajstić information content (AvgIpc) is 3.08. The maximum Gasteiger partial charge on any atom is 0.295 e. The lowest BCUT2D eigenvalue weighted by molar-refractivity contribution is -0.140. The Hall–Kier alpha value is -4.12. The van der Waals surface area contributed by atoms with Crippen LogP contribution in [0.3, 0.4) is 0 Å². The van der Waals surface area contributed by atoms with Crippen LogP contribution >= 0.6 is 0 Å². The van der Waals surface area contributed by atoms with Gasteiger partial charge in [0.2, 0.25) is 0 Å². The van der Waals surface area contributed by atoms with E-state index in [4.69, 9.17) is 4.74 Å². The summed E-state index contributed by atoms with van der Waals surface area (Å²) in [6, 6.07) is 23.2. The fourth-order valence-electron chi connectivity index (χ4n) is 3.94. The van der Waals surface area contributed by atoms with E-state index in [1.165, 1.54) is 4.90 Å². The second-order valence-corrected chi connectivity index (χ2v) is 7.95. The van der Waals surface area contributed by atoms with Crippen molar-refractivity contribution in [3.05, 3.63) is 119 Å². The standard InChI is InChI=1S/C28H25NO4/c1-3-17-33-23-15-13-21(14-16-23)25-24(26(30)22-11-9-19(2)10-12-22)27(31)28(32)29(25)18-20-7-5-4-6-8-20/h3-16,25,30H,1,17-18H2,2H3/b26-24+. The fourth-order valence-corrected chi connectivity index (χ4v) is 3.94. The molecule has 1 unspecified atom stereocenters. The number of aliphatic hydroxyl groups excluding tert-OH is 1. The van der Waals surface area contributed by atoms with Crippen molar-refractivity contribution in [3.63, 3.8) is 0 Å². The molecule has 0 aliphatic carbocycles. The summed E-state index contributed by atoms with van der Waals surface area (Å²) in [6.45, 7) is 6.21. The van der Waals surface area contributed by atoms with Crippen LogP contribution in [0.25, 0.3) is 5.76 Å². The summed E-state index contributed by atoms with van der Waals surface area (Å²) in [6.07, 6.45) is 1.66. The van der Waals surface area contributed by atoms with Crippen LogP contribution in [0.5, 0.6) is 5.75 Å². The van der Waals surface area contributed by atoms with Gasteiger partial charge in [-0.3, -0.25) is 9.59 Å². The number of carbonyl (C=O) groups excluding carboxylic acids is 2. The van der Waals surface area contributed by atoms with Gasteiger partial charge < -0.3 is 14.7 Å². The topological polar surface area (TPSA) is 66.8 Å². The van der Waals surface area contributed by atoms with Gasteiger partial charge in [0.15, 0.2) is 0 Å². The lowest BCUT2D eigenvalue weighted by atomic mass is 9.95. The summed E-state index contributed by atoms with van der Waals surface area (Å²) in [5.74, 6) is -0.858. The van der Waals surface area contributed by atoms with Crippen LogP contribution in [0, 0.1) is 6.92 Å². The molecule has 0 saturated carbocycles. The van der Waals surface area contributed by atoms with Crippen molar-refractivity contribution in [2.75, 3.05) is 6.61 Å². The molecule has 3 aromatic carbocycles. The van der Waals surface area contributed by atoms with E-state index in [9.17, 15) is 14.7 Å². The van der Waals surface area contributed by atoms with Crippen molar-refractivity contribution in [2.45, 2.75) is 19.5 Å². The average molecular weight is 440 g/mol. The molecule has 0 aromatic heterocycles. The first-order valence-corrected chi connectivity index (χ1v) is 10.7. The first-order valence-electron chi connectivity index (χ1n) is 10.7. The molecule has 0 spiro atoms. The number of aliphatic hydroxyl groups is 1. The Labute approximate surface area is 193 Å². The van der Waals surface area contributed by atoms with Gasteiger partial charge in [-0.2, -0.15) is 0 Å². The number of likely N-dealkylation sites (tertiary alicyclic amines) is 1. The Morgan fingerprint density at radius 1 is 1.00 bits per heavy atom. The third-order valence-corrected chi connectivity index (χ3v) is 5.62. The van der Waals surface area contributed by atoms with Gasteiger partial charge in [-0.1, -0.05) is 84.9 Å². The van der Waals surface area contributed by atoms with Crippen LogP contribution in [-0.4, -0.2) is 28.3 Å². The highest BCUT2D eigenvalue weighted by Crippen LogP contribution is 2.40. The third-order valence-electron chi connectivity index (χ3n) is 5.62. The summed E-state index contributed by atoms with van der Waals surface area (Å²) >= 11 is 0. The van der Waals surface area contributed by atoms with E-state index in [1.54, 1.807) is 30.3 Å². The lowest BCUT2D eigenvalue weighted by Crippen LogP contribution is -2.29. The van der Waals surface area contributed by atoms with Crippen molar-refractivity contribution in [1.29, 1.82) is 0 Å². The Morgan fingerprint density at radius 2 is 1.67 bits per heavy atom. The van der Waals surface area contributed by atoms with Gasteiger partial charge in [-0.15, -0.1) is 0 Å². The molecule has 166 valence electrons. The van der Waals surface area contributed by atoms with Crippen molar-refractivity contribution >= 4 is 17.4 Å². The smallest absolute Gasteiger partial charge is 0.295 e. The molecule has 1 atom stereocenters. The number of carbonyl (C=O) groups is 2. The molecule has 1 aliphatic rings. The largest absolute Gasteiger partial charge is 0.507 e. The van der Waals surface area contributed by atoms with E-state index >= 15 is 0 Å². The number of nitrogens with zero attached hydrogens (tertiary/aromatic N) is 1. The van der Waals surface area contributed by atoms with Gasteiger partial charge in [0, 0.05) is 12.1 Å². The SMILES string of the molecule is C=CCOc1ccc(C2/C(=C(\O)c3ccc(C)cc3)C(=O)C(=O)N2Cc2ccccc2)cc1. The van der Waals surface area contributed by atoms with Crippen LogP contribution in [0.15, 0.2) is 97.1 Å². The molecule has 0 bridgehead atoms. The molecule has 1 heterocycles. The Morgan fingerprint density at radius 3 is 2.30 bits per heavy atom. The van der Waals surface area contributed by atoms with E-state index in [0.29, 0.717) is 23.5 Å². The first-order chi connectivity index (χ1) is 16.0. The van der Waals surface area contributed by atoms with Crippen LogP contribution in [0.4, 0.5) is 0 Å². The van der Waals surface area contributed by atoms with Crippen molar-refractivity contribution in [3.8, 4) is 5.75 Å². The zero-order chi connectivity index (χ0) is 23.4. The number of hydrogen-bond acceptors (Lipinski definition) is 4. The zero-order valence-electron chi connectivity index (χ0n) is 18.4. The summed E-state index contributed by atoms with van der Waals surface area (Å²) in [7, 11) is 0. The maximum absolute atomic E-state index is 13.1. The first kappa shape index (κ1) is 22.1. The van der Waals surface area contributed by atoms with E-state index in [1.807, 2.05) is 61.5 Å². The van der Waals surface area contributed by atoms with Crippen molar-refractivity contribution in [1.82, 2.24) is 4.90 Å². The Kier molecular flexibility index (Phi) is 6.41. The molecule has 33 heavy (non-hydrogen) atoms. The summed E-state index contributed by atoms with van der Waals surface area (Å²) in [4.78, 5) is 27.7. The number of aryl methyl sites for hydroxylation is 1. The fraction of sp³-hybridized carbons (Fsp3) is 0.143. The second-order valence-electron chi connectivity index (χ2n) is 7.95. The molecule has 1 saturated heterocycles. The molecule has 5 heteroatoms. The molecule has 3 aromatic rings. The number of amides is 1. The quantitative estimate of drug-likeness (QED) is 0.238. The number of rotatable bonds is 7. The molecular formula is C28H25NO4. The number of benzene rings is 3. The van der Waals surface area contributed by atoms with Gasteiger partial charge in [-0.05, 0) is 30.2 Å². The van der Waals surface area contributed by atoms with Gasteiger partial charge in [-0.25, -0.2) is 0 Å². The highest BCUT2D eigenvalue weighted by Gasteiger charge is 2.46. The molecule has 1 fully saturated rings. The number of ether oxygens (including phenoxy) is 1. The third kappa shape index (κ3) is 4.58.